The van der Waals surface area contributed by atoms with Gasteiger partial charge >= 0.3 is 0 Å². The van der Waals surface area contributed by atoms with E-state index in [4.69, 9.17) is 0 Å². The molecule has 2 nitrogen and oxygen atoms in total. The van der Waals surface area contributed by atoms with E-state index in [9.17, 15) is 4.79 Å². The van der Waals surface area contributed by atoms with Gasteiger partial charge in [0.15, 0.2) is 0 Å². The van der Waals surface area contributed by atoms with Crippen LogP contribution in [0.4, 0.5) is 0 Å². The van der Waals surface area contributed by atoms with Crippen LogP contribution in [0.3, 0.4) is 0 Å². The van der Waals surface area contributed by atoms with Crippen molar-refractivity contribution in [2.45, 2.75) is 59.3 Å². The lowest BCUT2D eigenvalue weighted by Crippen LogP contribution is -2.29. The predicted octanol–water partition coefficient (Wildman–Crippen LogP) is 4.26. The maximum Gasteiger partial charge on any atom is 0.220 e. The number of amides is 1. The van der Waals surface area contributed by atoms with Gasteiger partial charge < -0.3 is 5.32 Å². The van der Waals surface area contributed by atoms with Crippen LogP contribution >= 0.6 is 0 Å². The van der Waals surface area contributed by atoms with Crippen molar-refractivity contribution in [3.63, 3.8) is 0 Å². The average molecular weight is 275 g/mol. The van der Waals surface area contributed by atoms with Crippen LogP contribution in [0.1, 0.15) is 57.1 Å². The molecule has 1 amide bonds. The van der Waals surface area contributed by atoms with Gasteiger partial charge in [0.2, 0.25) is 5.91 Å². The van der Waals surface area contributed by atoms with E-state index in [0.717, 1.165) is 19.4 Å². The van der Waals surface area contributed by atoms with Crippen molar-refractivity contribution in [2.75, 3.05) is 6.54 Å². The number of carbonyl (C=O) groups excluding carboxylic acids is 1. The fraction of sp³-hybridized carbons (Fsp3) is 0.611. The van der Waals surface area contributed by atoms with Gasteiger partial charge in [0.1, 0.15) is 0 Å². The minimum atomic E-state index is 0.181. The molecule has 0 bridgehead atoms. The number of rotatable bonds is 9. The van der Waals surface area contributed by atoms with E-state index in [-0.39, 0.29) is 5.91 Å². The molecule has 2 heteroatoms. The molecule has 0 radical (unpaired) electrons. The molecule has 0 fully saturated rings. The second-order valence-electron chi connectivity index (χ2n) is 5.71. The van der Waals surface area contributed by atoms with Crippen molar-refractivity contribution in [2.24, 2.45) is 5.92 Å². The van der Waals surface area contributed by atoms with E-state index in [0.29, 0.717) is 12.3 Å². The van der Waals surface area contributed by atoms with Gasteiger partial charge in [0.25, 0.3) is 0 Å². The van der Waals surface area contributed by atoms with Crippen molar-refractivity contribution in [1.82, 2.24) is 5.32 Å². The Kier molecular flexibility index (Phi) is 8.01. The molecular weight excluding hydrogens is 246 g/mol. The van der Waals surface area contributed by atoms with Gasteiger partial charge in [-0.15, -0.1) is 0 Å². The van der Waals surface area contributed by atoms with Crippen LogP contribution in [-0.2, 0) is 11.2 Å². The highest BCUT2D eigenvalue weighted by atomic mass is 16.1. The fourth-order valence-electron chi connectivity index (χ4n) is 2.30. The first-order chi connectivity index (χ1) is 9.65. The Bertz CT molecular complexity index is 383. The predicted molar refractivity (Wildman–Crippen MR) is 85.8 cm³/mol. The maximum atomic E-state index is 11.9. The summed E-state index contributed by atoms with van der Waals surface area (Å²) in [6.07, 6.45) is 6.30. The molecule has 1 aromatic rings. The largest absolute Gasteiger partial charge is 0.356 e. The fourth-order valence-corrected chi connectivity index (χ4v) is 2.30. The van der Waals surface area contributed by atoms with Crippen LogP contribution in [0.2, 0.25) is 0 Å². The smallest absolute Gasteiger partial charge is 0.220 e. The Morgan fingerprint density at radius 2 is 1.90 bits per heavy atom. The Morgan fingerprint density at radius 3 is 2.50 bits per heavy atom. The standard InChI is InChI=1S/C18H29NO/c1-4-6-7-16(5-2)14-19-18(20)13-12-17-10-8-15(3)9-11-17/h8-11,16H,4-7,12-14H2,1-3H3,(H,19,20)/t16-/m0/s1. The van der Waals surface area contributed by atoms with Crippen LogP contribution in [0.5, 0.6) is 0 Å². The summed E-state index contributed by atoms with van der Waals surface area (Å²) in [5.41, 5.74) is 2.50. The molecule has 0 aliphatic carbocycles. The normalized spacial score (nSPS) is 12.2. The molecular formula is C18H29NO. The summed E-state index contributed by atoms with van der Waals surface area (Å²) in [4.78, 5) is 11.9. The summed E-state index contributed by atoms with van der Waals surface area (Å²) in [6, 6.07) is 8.42. The van der Waals surface area contributed by atoms with Crippen molar-refractivity contribution in [3.05, 3.63) is 35.4 Å². The van der Waals surface area contributed by atoms with Crippen LogP contribution in [0.15, 0.2) is 24.3 Å². The Morgan fingerprint density at radius 1 is 1.20 bits per heavy atom. The first-order valence-corrected chi connectivity index (χ1v) is 7.98. The average Bonchev–Trinajstić information content (AvgIpc) is 2.47. The van der Waals surface area contributed by atoms with Crippen molar-refractivity contribution >= 4 is 5.91 Å². The number of unbranched alkanes of at least 4 members (excludes halogenated alkanes) is 1. The van der Waals surface area contributed by atoms with E-state index in [1.807, 2.05) is 0 Å². The highest BCUT2D eigenvalue weighted by molar-refractivity contribution is 5.76. The zero-order valence-corrected chi connectivity index (χ0v) is 13.2. The van der Waals surface area contributed by atoms with Crippen molar-refractivity contribution in [3.8, 4) is 0 Å². The summed E-state index contributed by atoms with van der Waals surface area (Å²) in [5.74, 6) is 0.818. The van der Waals surface area contributed by atoms with E-state index < -0.39 is 0 Å². The number of benzene rings is 1. The van der Waals surface area contributed by atoms with Gasteiger partial charge in [-0.05, 0) is 31.2 Å². The summed E-state index contributed by atoms with van der Waals surface area (Å²) < 4.78 is 0. The van der Waals surface area contributed by atoms with Gasteiger partial charge in [-0.2, -0.15) is 0 Å². The molecule has 0 aliphatic rings. The zero-order chi connectivity index (χ0) is 14.8. The Labute approximate surface area is 124 Å². The number of nitrogens with one attached hydrogen (secondary N) is 1. The molecule has 20 heavy (non-hydrogen) atoms. The van der Waals surface area contributed by atoms with Crippen LogP contribution in [0, 0.1) is 12.8 Å². The van der Waals surface area contributed by atoms with Gasteiger partial charge in [-0.3, -0.25) is 4.79 Å². The number of aryl methyl sites for hydroxylation is 2. The zero-order valence-electron chi connectivity index (χ0n) is 13.2. The number of carbonyl (C=O) groups is 1. The van der Waals surface area contributed by atoms with E-state index >= 15 is 0 Å². The van der Waals surface area contributed by atoms with Gasteiger partial charge in [-0.25, -0.2) is 0 Å². The molecule has 1 aromatic carbocycles. The lowest BCUT2D eigenvalue weighted by molar-refractivity contribution is -0.121. The first-order valence-electron chi connectivity index (χ1n) is 7.98. The maximum absolute atomic E-state index is 11.9. The van der Waals surface area contributed by atoms with E-state index in [1.165, 1.54) is 30.4 Å². The third kappa shape index (κ3) is 6.74. The molecule has 0 aromatic heterocycles. The highest BCUT2D eigenvalue weighted by Crippen LogP contribution is 2.11. The third-order valence-corrected chi connectivity index (χ3v) is 3.89. The van der Waals surface area contributed by atoms with Gasteiger partial charge in [0.05, 0.1) is 0 Å². The quantitative estimate of drug-likeness (QED) is 0.717. The minimum Gasteiger partial charge on any atom is -0.356 e. The Balaban J connectivity index is 2.24. The molecule has 0 aliphatic heterocycles. The van der Waals surface area contributed by atoms with Crippen molar-refractivity contribution < 1.29 is 4.79 Å². The topological polar surface area (TPSA) is 29.1 Å². The summed E-state index contributed by atoms with van der Waals surface area (Å²) in [5, 5.41) is 3.09. The van der Waals surface area contributed by atoms with Crippen LogP contribution < -0.4 is 5.32 Å². The molecule has 0 spiro atoms. The van der Waals surface area contributed by atoms with Gasteiger partial charge in [-0.1, -0.05) is 62.9 Å². The molecule has 0 saturated heterocycles. The number of hydrogen-bond acceptors (Lipinski definition) is 1. The molecule has 112 valence electrons. The van der Waals surface area contributed by atoms with Crippen molar-refractivity contribution in [1.29, 1.82) is 0 Å². The van der Waals surface area contributed by atoms with Gasteiger partial charge in [0, 0.05) is 13.0 Å². The molecule has 0 heterocycles. The summed E-state index contributed by atoms with van der Waals surface area (Å²) in [7, 11) is 0. The van der Waals surface area contributed by atoms with E-state index in [1.54, 1.807) is 0 Å². The SMILES string of the molecule is CCCC[C@H](CC)CNC(=O)CCc1ccc(C)cc1. The Hall–Kier alpha value is -1.31. The number of hydrogen-bond donors (Lipinski definition) is 1. The van der Waals surface area contributed by atoms with Crippen LogP contribution in [0.25, 0.3) is 0 Å². The molecule has 1 atom stereocenters. The second kappa shape index (κ2) is 9.57. The van der Waals surface area contributed by atoms with Crippen LogP contribution in [-0.4, -0.2) is 12.5 Å². The lowest BCUT2D eigenvalue weighted by atomic mass is 9.99. The molecule has 1 N–H and O–H groups in total. The third-order valence-electron chi connectivity index (χ3n) is 3.89. The highest BCUT2D eigenvalue weighted by Gasteiger charge is 2.08. The summed E-state index contributed by atoms with van der Waals surface area (Å²) in [6.45, 7) is 7.34. The lowest BCUT2D eigenvalue weighted by Gasteiger charge is -2.15. The first kappa shape index (κ1) is 16.7. The monoisotopic (exact) mass is 275 g/mol. The molecule has 1 rings (SSSR count). The second-order valence-corrected chi connectivity index (χ2v) is 5.71. The molecule has 0 unspecified atom stereocenters. The molecule has 0 saturated carbocycles. The summed E-state index contributed by atoms with van der Waals surface area (Å²) >= 11 is 0. The van der Waals surface area contributed by atoms with E-state index in [2.05, 4.69) is 50.4 Å². The minimum absolute atomic E-state index is 0.181.